The Morgan fingerprint density at radius 2 is 2.13 bits per heavy atom. The zero-order valence-corrected chi connectivity index (χ0v) is 7.87. The van der Waals surface area contributed by atoms with Crippen LogP contribution < -0.4 is 10.5 Å². The Morgan fingerprint density at radius 1 is 1.47 bits per heavy atom. The second kappa shape index (κ2) is 4.59. The Bertz CT molecular complexity index is 368. The van der Waals surface area contributed by atoms with E-state index in [9.17, 15) is 13.6 Å². The molecule has 0 aliphatic rings. The molecule has 0 aliphatic carbocycles. The fourth-order valence-corrected chi connectivity index (χ4v) is 1.01. The lowest BCUT2D eigenvalue weighted by molar-refractivity contribution is -0.0503. The average Bonchev–Trinajstić information content (AvgIpc) is 2.16. The third kappa shape index (κ3) is 2.80. The van der Waals surface area contributed by atoms with Crippen LogP contribution in [0.5, 0.6) is 5.75 Å². The van der Waals surface area contributed by atoms with Gasteiger partial charge in [0.15, 0.2) is 0 Å². The van der Waals surface area contributed by atoms with E-state index >= 15 is 0 Å². The SMILES string of the molecule is COC(=O)c1ccc(N)cc1OC(F)F. The zero-order valence-electron chi connectivity index (χ0n) is 7.87. The number of hydrogen-bond donors (Lipinski definition) is 1. The van der Waals surface area contributed by atoms with Crippen LogP contribution in [0.1, 0.15) is 10.4 Å². The van der Waals surface area contributed by atoms with Crippen LogP contribution in [0.4, 0.5) is 14.5 Å². The summed E-state index contributed by atoms with van der Waals surface area (Å²) in [7, 11) is 1.14. The molecule has 0 bridgehead atoms. The number of ether oxygens (including phenoxy) is 2. The number of rotatable bonds is 3. The molecule has 0 spiro atoms. The van der Waals surface area contributed by atoms with Crippen molar-refractivity contribution in [2.75, 3.05) is 12.8 Å². The zero-order chi connectivity index (χ0) is 11.4. The monoisotopic (exact) mass is 217 g/mol. The van der Waals surface area contributed by atoms with Gasteiger partial charge in [0.25, 0.3) is 0 Å². The van der Waals surface area contributed by atoms with E-state index in [0.717, 1.165) is 13.2 Å². The molecule has 0 saturated carbocycles. The molecule has 2 N–H and O–H groups in total. The molecule has 0 saturated heterocycles. The van der Waals surface area contributed by atoms with Crippen molar-refractivity contribution in [3.8, 4) is 5.75 Å². The van der Waals surface area contributed by atoms with E-state index in [-0.39, 0.29) is 17.0 Å². The summed E-state index contributed by atoms with van der Waals surface area (Å²) in [5.74, 6) is -1.05. The normalized spacial score (nSPS) is 10.1. The fraction of sp³-hybridized carbons (Fsp3) is 0.222. The first-order valence-corrected chi connectivity index (χ1v) is 3.97. The van der Waals surface area contributed by atoms with Crippen molar-refractivity contribution in [2.24, 2.45) is 0 Å². The summed E-state index contributed by atoms with van der Waals surface area (Å²) in [6, 6.07) is 3.79. The first-order chi connectivity index (χ1) is 7.04. The maximum atomic E-state index is 12.0. The number of benzene rings is 1. The standard InChI is InChI=1S/C9H9F2NO3/c1-14-8(13)6-3-2-5(12)4-7(6)15-9(10)11/h2-4,9H,12H2,1H3. The number of hydrogen-bond acceptors (Lipinski definition) is 4. The minimum absolute atomic E-state index is 0.0907. The van der Waals surface area contributed by atoms with Gasteiger partial charge in [-0.15, -0.1) is 0 Å². The highest BCUT2D eigenvalue weighted by atomic mass is 19.3. The van der Waals surface area contributed by atoms with Crippen LogP contribution in [0.3, 0.4) is 0 Å². The van der Waals surface area contributed by atoms with Crippen LogP contribution in [-0.4, -0.2) is 19.7 Å². The third-order valence-corrected chi connectivity index (χ3v) is 1.63. The minimum atomic E-state index is -3.02. The molecule has 6 heteroatoms. The van der Waals surface area contributed by atoms with E-state index < -0.39 is 12.6 Å². The predicted molar refractivity (Wildman–Crippen MR) is 48.8 cm³/mol. The van der Waals surface area contributed by atoms with Crippen LogP contribution in [0.25, 0.3) is 0 Å². The molecule has 0 aliphatic heterocycles. The number of alkyl halides is 2. The lowest BCUT2D eigenvalue weighted by atomic mass is 10.2. The van der Waals surface area contributed by atoms with Crippen LogP contribution >= 0.6 is 0 Å². The van der Waals surface area contributed by atoms with Gasteiger partial charge in [0.05, 0.1) is 7.11 Å². The van der Waals surface area contributed by atoms with Crippen molar-refractivity contribution in [2.45, 2.75) is 6.61 Å². The maximum Gasteiger partial charge on any atom is 0.387 e. The number of esters is 1. The summed E-state index contributed by atoms with van der Waals surface area (Å²) in [4.78, 5) is 11.1. The molecule has 0 heterocycles. The predicted octanol–water partition coefficient (Wildman–Crippen LogP) is 1.66. The van der Waals surface area contributed by atoms with Gasteiger partial charge in [0, 0.05) is 11.8 Å². The Labute approximate surface area is 84.6 Å². The summed E-state index contributed by atoms with van der Waals surface area (Å²) in [5.41, 5.74) is 5.50. The van der Waals surface area contributed by atoms with Crippen LogP contribution in [0, 0.1) is 0 Å². The highest BCUT2D eigenvalue weighted by Gasteiger charge is 2.16. The number of carbonyl (C=O) groups excluding carboxylic acids is 1. The van der Waals surface area contributed by atoms with Crippen molar-refractivity contribution in [1.82, 2.24) is 0 Å². The number of carbonyl (C=O) groups is 1. The van der Waals surface area contributed by atoms with E-state index in [0.29, 0.717) is 0 Å². The van der Waals surface area contributed by atoms with Gasteiger partial charge in [-0.3, -0.25) is 0 Å². The lowest BCUT2D eigenvalue weighted by Gasteiger charge is -2.09. The summed E-state index contributed by atoms with van der Waals surface area (Å²) in [6.45, 7) is -3.02. The molecule has 0 atom stereocenters. The topological polar surface area (TPSA) is 61.5 Å². The van der Waals surface area contributed by atoms with Gasteiger partial charge >= 0.3 is 12.6 Å². The largest absolute Gasteiger partial charge is 0.465 e. The second-order valence-corrected chi connectivity index (χ2v) is 2.63. The highest BCUT2D eigenvalue weighted by Crippen LogP contribution is 2.24. The van der Waals surface area contributed by atoms with Gasteiger partial charge < -0.3 is 15.2 Å². The van der Waals surface area contributed by atoms with Gasteiger partial charge in [-0.25, -0.2) is 4.79 Å². The Hall–Kier alpha value is -1.85. The molecule has 15 heavy (non-hydrogen) atoms. The summed E-state index contributed by atoms with van der Waals surface area (Å²) < 4.78 is 32.5. The Kier molecular flexibility index (Phi) is 3.43. The van der Waals surface area contributed by atoms with Gasteiger partial charge in [-0.2, -0.15) is 8.78 Å². The quantitative estimate of drug-likeness (QED) is 0.617. The molecule has 4 nitrogen and oxygen atoms in total. The summed E-state index contributed by atoms with van der Waals surface area (Å²) >= 11 is 0. The molecular weight excluding hydrogens is 208 g/mol. The van der Waals surface area contributed by atoms with Crippen molar-refractivity contribution < 1.29 is 23.0 Å². The lowest BCUT2D eigenvalue weighted by Crippen LogP contribution is -2.09. The second-order valence-electron chi connectivity index (χ2n) is 2.63. The fourth-order valence-electron chi connectivity index (χ4n) is 1.01. The Balaban J connectivity index is 3.08. The molecule has 0 unspecified atom stereocenters. The van der Waals surface area contributed by atoms with Crippen molar-refractivity contribution in [1.29, 1.82) is 0 Å². The molecular formula is C9H9F2NO3. The average molecular weight is 217 g/mol. The number of anilines is 1. The van der Waals surface area contributed by atoms with Gasteiger partial charge in [0.2, 0.25) is 0 Å². The number of halogens is 2. The van der Waals surface area contributed by atoms with Gasteiger partial charge in [-0.1, -0.05) is 0 Å². The van der Waals surface area contributed by atoms with E-state index in [1.54, 1.807) is 0 Å². The van der Waals surface area contributed by atoms with E-state index in [1.165, 1.54) is 12.1 Å². The van der Waals surface area contributed by atoms with Crippen LogP contribution in [0.2, 0.25) is 0 Å². The maximum absolute atomic E-state index is 12.0. The molecule has 82 valence electrons. The number of nitrogens with two attached hydrogens (primary N) is 1. The highest BCUT2D eigenvalue weighted by molar-refractivity contribution is 5.93. The van der Waals surface area contributed by atoms with Crippen LogP contribution in [0.15, 0.2) is 18.2 Å². The van der Waals surface area contributed by atoms with E-state index in [1.807, 2.05) is 0 Å². The van der Waals surface area contributed by atoms with Crippen LogP contribution in [-0.2, 0) is 4.74 Å². The molecule has 0 aromatic heterocycles. The summed E-state index contributed by atoms with van der Waals surface area (Å²) in [5, 5.41) is 0. The molecule has 1 aromatic rings. The third-order valence-electron chi connectivity index (χ3n) is 1.63. The summed E-state index contributed by atoms with van der Waals surface area (Å²) in [6.07, 6.45) is 0. The van der Waals surface area contributed by atoms with E-state index in [4.69, 9.17) is 5.73 Å². The van der Waals surface area contributed by atoms with Crippen molar-refractivity contribution in [3.05, 3.63) is 23.8 Å². The first kappa shape index (κ1) is 11.2. The Morgan fingerprint density at radius 3 is 2.67 bits per heavy atom. The van der Waals surface area contributed by atoms with Gasteiger partial charge in [-0.05, 0) is 12.1 Å². The number of methoxy groups -OCH3 is 1. The molecule has 1 aromatic carbocycles. The van der Waals surface area contributed by atoms with Crippen molar-refractivity contribution in [3.63, 3.8) is 0 Å². The van der Waals surface area contributed by atoms with Crippen molar-refractivity contribution >= 4 is 11.7 Å². The molecule has 0 fully saturated rings. The number of nitrogen functional groups attached to an aromatic ring is 1. The smallest absolute Gasteiger partial charge is 0.387 e. The minimum Gasteiger partial charge on any atom is -0.465 e. The van der Waals surface area contributed by atoms with Gasteiger partial charge in [0.1, 0.15) is 11.3 Å². The van der Waals surface area contributed by atoms with E-state index in [2.05, 4.69) is 9.47 Å². The first-order valence-electron chi connectivity index (χ1n) is 3.97. The molecule has 0 amide bonds. The molecule has 1 rings (SSSR count). The molecule has 0 radical (unpaired) electrons.